The lowest BCUT2D eigenvalue weighted by Crippen LogP contribution is -2.38. The van der Waals surface area contributed by atoms with E-state index in [1.54, 1.807) is 0 Å². The molecule has 0 amide bonds. The van der Waals surface area contributed by atoms with Crippen molar-refractivity contribution in [3.05, 3.63) is 29.8 Å². The largest absolute Gasteiger partial charge is 0.494 e. The third-order valence-electron chi connectivity index (χ3n) is 3.72. The van der Waals surface area contributed by atoms with Gasteiger partial charge in [0.1, 0.15) is 5.75 Å². The van der Waals surface area contributed by atoms with Crippen molar-refractivity contribution in [1.29, 1.82) is 0 Å². The summed E-state index contributed by atoms with van der Waals surface area (Å²) in [5.74, 6) is 2.50. The zero-order valence-electron chi connectivity index (χ0n) is 17.0. The average molecular weight is 476 g/mol. The van der Waals surface area contributed by atoms with Crippen molar-refractivity contribution >= 4 is 29.9 Å². The van der Waals surface area contributed by atoms with Crippen LogP contribution in [0.25, 0.3) is 0 Å². The summed E-state index contributed by atoms with van der Waals surface area (Å²) < 4.78 is 5.76. The highest BCUT2D eigenvalue weighted by molar-refractivity contribution is 14.0. The number of hydrogen-bond donors (Lipinski definition) is 2. The molecular formula is C20H37IN4O. The first kappa shape index (κ1) is 25.0. The van der Waals surface area contributed by atoms with E-state index in [9.17, 15) is 0 Å². The second kappa shape index (κ2) is 15.1. The van der Waals surface area contributed by atoms with Crippen molar-refractivity contribution in [2.45, 2.75) is 40.2 Å². The van der Waals surface area contributed by atoms with Crippen molar-refractivity contribution in [2.75, 3.05) is 40.3 Å². The minimum Gasteiger partial charge on any atom is -0.494 e. The average Bonchev–Trinajstić information content (AvgIpc) is 2.57. The van der Waals surface area contributed by atoms with E-state index in [0.29, 0.717) is 12.5 Å². The second-order valence-corrected chi connectivity index (χ2v) is 6.95. The Kier molecular flexibility index (Phi) is 14.5. The van der Waals surface area contributed by atoms with Crippen molar-refractivity contribution in [3.8, 4) is 5.75 Å². The number of halogens is 1. The Hall–Kier alpha value is -1.02. The Morgan fingerprint density at radius 1 is 1.15 bits per heavy atom. The summed E-state index contributed by atoms with van der Waals surface area (Å²) in [7, 11) is 4.16. The molecule has 0 aliphatic heterocycles. The molecule has 26 heavy (non-hydrogen) atoms. The van der Waals surface area contributed by atoms with Gasteiger partial charge >= 0.3 is 0 Å². The van der Waals surface area contributed by atoms with Crippen LogP contribution in [0.5, 0.6) is 5.75 Å². The number of rotatable bonds is 11. The first-order valence-electron chi connectivity index (χ1n) is 9.40. The summed E-state index contributed by atoms with van der Waals surface area (Å²) in [4.78, 5) is 6.82. The third kappa shape index (κ3) is 12.4. The van der Waals surface area contributed by atoms with Crippen molar-refractivity contribution in [1.82, 2.24) is 15.5 Å². The van der Waals surface area contributed by atoms with Crippen LogP contribution in [-0.4, -0.2) is 51.2 Å². The fourth-order valence-corrected chi connectivity index (χ4v) is 2.25. The van der Waals surface area contributed by atoms with E-state index in [4.69, 9.17) is 4.74 Å². The van der Waals surface area contributed by atoms with Crippen LogP contribution in [0.15, 0.2) is 29.3 Å². The summed E-state index contributed by atoms with van der Waals surface area (Å²) in [6.45, 7) is 10.8. The fraction of sp³-hybridized carbons (Fsp3) is 0.650. The predicted octanol–water partition coefficient (Wildman–Crippen LogP) is 3.74. The van der Waals surface area contributed by atoms with Gasteiger partial charge < -0.3 is 20.3 Å². The zero-order valence-corrected chi connectivity index (χ0v) is 19.4. The van der Waals surface area contributed by atoms with Crippen LogP contribution in [0.4, 0.5) is 0 Å². The second-order valence-electron chi connectivity index (χ2n) is 6.95. The highest BCUT2D eigenvalue weighted by Gasteiger charge is 2.00. The number of guanidine groups is 1. The molecule has 0 aliphatic carbocycles. The van der Waals surface area contributed by atoms with Crippen LogP contribution in [0.1, 0.15) is 39.2 Å². The molecule has 1 rings (SSSR count). The molecule has 2 N–H and O–H groups in total. The van der Waals surface area contributed by atoms with Gasteiger partial charge in [0.25, 0.3) is 0 Å². The highest BCUT2D eigenvalue weighted by Crippen LogP contribution is 2.13. The van der Waals surface area contributed by atoms with E-state index in [0.717, 1.165) is 50.8 Å². The SMILES string of the molecule is CCNC(=NCc1ccc(OCCCN(C)C)cc1)NCCC(C)C.I. The molecule has 1 aromatic carbocycles. The molecule has 6 heteroatoms. The fourth-order valence-electron chi connectivity index (χ4n) is 2.25. The van der Waals surface area contributed by atoms with Gasteiger partial charge in [-0.15, -0.1) is 24.0 Å². The standard InChI is InChI=1S/C20H36N4O.HI/c1-6-21-20(22-13-12-17(2)3)23-16-18-8-10-19(11-9-18)25-15-7-14-24(4)5;/h8-11,17H,6-7,12-16H2,1-5H3,(H2,21,22,23);1H. The number of nitrogens with one attached hydrogen (secondary N) is 2. The lowest BCUT2D eigenvalue weighted by molar-refractivity contribution is 0.281. The van der Waals surface area contributed by atoms with Crippen molar-refractivity contribution < 1.29 is 4.74 Å². The Morgan fingerprint density at radius 2 is 1.85 bits per heavy atom. The van der Waals surface area contributed by atoms with Gasteiger partial charge in [-0.3, -0.25) is 0 Å². The number of hydrogen-bond acceptors (Lipinski definition) is 3. The van der Waals surface area contributed by atoms with Crippen LogP contribution in [0.3, 0.4) is 0 Å². The van der Waals surface area contributed by atoms with Crippen LogP contribution < -0.4 is 15.4 Å². The normalized spacial score (nSPS) is 11.4. The number of aliphatic imine (C=N–C) groups is 1. The Bertz CT molecular complexity index is 489. The van der Waals surface area contributed by atoms with Gasteiger partial charge in [0.2, 0.25) is 0 Å². The van der Waals surface area contributed by atoms with Gasteiger partial charge in [0.15, 0.2) is 5.96 Å². The summed E-state index contributed by atoms with van der Waals surface area (Å²) in [5.41, 5.74) is 1.18. The topological polar surface area (TPSA) is 48.9 Å². The Labute approximate surface area is 177 Å². The van der Waals surface area contributed by atoms with Gasteiger partial charge in [0, 0.05) is 19.6 Å². The van der Waals surface area contributed by atoms with Gasteiger partial charge in [-0.25, -0.2) is 4.99 Å². The van der Waals surface area contributed by atoms with E-state index in [1.165, 1.54) is 5.56 Å². The van der Waals surface area contributed by atoms with Gasteiger partial charge in [-0.1, -0.05) is 26.0 Å². The molecule has 1 aromatic rings. The van der Waals surface area contributed by atoms with Gasteiger partial charge in [-0.2, -0.15) is 0 Å². The molecule has 0 radical (unpaired) electrons. The highest BCUT2D eigenvalue weighted by atomic mass is 127. The molecule has 0 atom stereocenters. The lowest BCUT2D eigenvalue weighted by Gasteiger charge is -2.12. The monoisotopic (exact) mass is 476 g/mol. The van der Waals surface area contributed by atoms with Crippen LogP contribution >= 0.6 is 24.0 Å². The van der Waals surface area contributed by atoms with Crippen LogP contribution in [-0.2, 0) is 6.54 Å². The van der Waals surface area contributed by atoms with Crippen molar-refractivity contribution in [2.24, 2.45) is 10.9 Å². The van der Waals surface area contributed by atoms with Crippen LogP contribution in [0.2, 0.25) is 0 Å². The number of nitrogens with zero attached hydrogens (tertiary/aromatic N) is 2. The zero-order chi connectivity index (χ0) is 18.5. The van der Waals surface area contributed by atoms with E-state index < -0.39 is 0 Å². The molecule has 0 aliphatic rings. The maximum absolute atomic E-state index is 5.76. The summed E-state index contributed by atoms with van der Waals surface area (Å²) >= 11 is 0. The summed E-state index contributed by atoms with van der Waals surface area (Å²) in [6, 6.07) is 8.23. The van der Waals surface area contributed by atoms with Gasteiger partial charge in [-0.05, 0) is 57.5 Å². The molecular weight excluding hydrogens is 439 g/mol. The van der Waals surface area contributed by atoms with E-state index in [1.807, 2.05) is 12.1 Å². The first-order chi connectivity index (χ1) is 12.0. The molecule has 0 aromatic heterocycles. The van der Waals surface area contributed by atoms with E-state index in [-0.39, 0.29) is 24.0 Å². The Balaban J connectivity index is 0.00000625. The number of benzene rings is 1. The molecule has 150 valence electrons. The molecule has 0 saturated carbocycles. The minimum absolute atomic E-state index is 0. The van der Waals surface area contributed by atoms with E-state index in [2.05, 4.69) is 67.5 Å². The first-order valence-corrected chi connectivity index (χ1v) is 9.40. The van der Waals surface area contributed by atoms with Crippen molar-refractivity contribution in [3.63, 3.8) is 0 Å². The Morgan fingerprint density at radius 3 is 2.42 bits per heavy atom. The van der Waals surface area contributed by atoms with Gasteiger partial charge in [0.05, 0.1) is 13.2 Å². The minimum atomic E-state index is 0. The molecule has 0 spiro atoms. The molecule has 0 heterocycles. The summed E-state index contributed by atoms with van der Waals surface area (Å²) in [6.07, 6.45) is 2.18. The lowest BCUT2D eigenvalue weighted by atomic mass is 10.1. The molecule has 0 saturated heterocycles. The predicted molar refractivity (Wildman–Crippen MR) is 123 cm³/mol. The summed E-state index contributed by atoms with van der Waals surface area (Å²) in [5, 5.41) is 6.68. The smallest absolute Gasteiger partial charge is 0.191 e. The maximum atomic E-state index is 5.76. The maximum Gasteiger partial charge on any atom is 0.191 e. The van der Waals surface area contributed by atoms with E-state index >= 15 is 0 Å². The molecule has 0 unspecified atom stereocenters. The molecule has 0 fully saturated rings. The quantitative estimate of drug-likeness (QED) is 0.221. The third-order valence-corrected chi connectivity index (χ3v) is 3.72. The molecule has 5 nitrogen and oxygen atoms in total. The number of ether oxygens (including phenoxy) is 1. The van der Waals surface area contributed by atoms with Crippen LogP contribution in [0, 0.1) is 5.92 Å². The molecule has 0 bridgehead atoms.